The van der Waals surface area contributed by atoms with Crippen LogP contribution in [0.15, 0.2) is 18.5 Å². The van der Waals surface area contributed by atoms with Gasteiger partial charge in [-0.2, -0.15) is 0 Å². The van der Waals surface area contributed by atoms with Crippen LogP contribution in [0.3, 0.4) is 0 Å². The molecule has 1 rings (SSSR count). The molecule has 0 aliphatic rings. The van der Waals surface area contributed by atoms with E-state index in [0.717, 1.165) is 36.5 Å². The molecule has 96 valence electrons. The third kappa shape index (κ3) is 4.46. The van der Waals surface area contributed by atoms with Crippen molar-refractivity contribution < 1.29 is 0 Å². The standard InChI is InChI=1S/C13H20Cl2N2/c1-3-12(4-2)17(8-6-14)10-11-5-7-16-9-13(11)15/h5,7,9,12H,3-4,6,8,10H2,1-2H3. The van der Waals surface area contributed by atoms with Crippen LogP contribution in [0.5, 0.6) is 0 Å². The molecule has 0 amide bonds. The fourth-order valence-corrected chi connectivity index (χ4v) is 2.45. The molecule has 0 atom stereocenters. The Kier molecular flexibility index (Phi) is 6.86. The summed E-state index contributed by atoms with van der Waals surface area (Å²) in [5, 5.41) is 0.734. The Morgan fingerprint density at radius 2 is 2.06 bits per heavy atom. The third-order valence-corrected chi connectivity index (χ3v) is 3.57. The molecular formula is C13H20Cl2N2. The zero-order chi connectivity index (χ0) is 12.7. The van der Waals surface area contributed by atoms with Gasteiger partial charge in [-0.3, -0.25) is 9.88 Å². The van der Waals surface area contributed by atoms with Crippen LogP contribution in [0.1, 0.15) is 32.3 Å². The van der Waals surface area contributed by atoms with Gasteiger partial charge in [0, 0.05) is 37.4 Å². The average Bonchev–Trinajstić information content (AvgIpc) is 2.34. The number of aromatic nitrogens is 1. The minimum Gasteiger partial charge on any atom is -0.295 e. The van der Waals surface area contributed by atoms with Gasteiger partial charge in [-0.15, -0.1) is 11.6 Å². The lowest BCUT2D eigenvalue weighted by atomic mass is 10.1. The highest BCUT2D eigenvalue weighted by Crippen LogP contribution is 2.19. The molecule has 0 aliphatic carbocycles. The van der Waals surface area contributed by atoms with Gasteiger partial charge in [0.15, 0.2) is 0 Å². The lowest BCUT2D eigenvalue weighted by Gasteiger charge is -2.30. The summed E-state index contributed by atoms with van der Waals surface area (Å²) >= 11 is 12.0. The molecular weight excluding hydrogens is 255 g/mol. The first-order valence-corrected chi connectivity index (χ1v) is 7.02. The van der Waals surface area contributed by atoms with Gasteiger partial charge >= 0.3 is 0 Å². The lowest BCUT2D eigenvalue weighted by molar-refractivity contribution is 0.188. The summed E-state index contributed by atoms with van der Waals surface area (Å²) in [7, 11) is 0. The van der Waals surface area contributed by atoms with Crippen molar-refractivity contribution in [1.82, 2.24) is 9.88 Å². The monoisotopic (exact) mass is 274 g/mol. The predicted octanol–water partition coefficient (Wildman–Crippen LogP) is 3.96. The Bertz CT molecular complexity index is 327. The molecule has 0 bridgehead atoms. The molecule has 0 N–H and O–H groups in total. The van der Waals surface area contributed by atoms with Crippen molar-refractivity contribution in [2.24, 2.45) is 0 Å². The third-order valence-electron chi connectivity index (χ3n) is 3.06. The summed E-state index contributed by atoms with van der Waals surface area (Å²) in [6.45, 7) is 6.17. The molecule has 2 nitrogen and oxygen atoms in total. The summed E-state index contributed by atoms with van der Waals surface area (Å²) in [6.07, 6.45) is 5.75. The maximum Gasteiger partial charge on any atom is 0.0634 e. The second-order valence-electron chi connectivity index (χ2n) is 4.10. The van der Waals surface area contributed by atoms with E-state index in [2.05, 4.69) is 23.7 Å². The van der Waals surface area contributed by atoms with Gasteiger partial charge in [-0.25, -0.2) is 0 Å². The Labute approximate surface area is 114 Å². The van der Waals surface area contributed by atoms with Crippen LogP contribution < -0.4 is 0 Å². The van der Waals surface area contributed by atoms with E-state index in [1.54, 1.807) is 12.4 Å². The number of halogens is 2. The maximum atomic E-state index is 6.14. The van der Waals surface area contributed by atoms with E-state index in [9.17, 15) is 0 Å². The number of alkyl halides is 1. The Balaban J connectivity index is 2.75. The van der Waals surface area contributed by atoms with Crippen molar-refractivity contribution in [3.05, 3.63) is 29.0 Å². The van der Waals surface area contributed by atoms with Crippen molar-refractivity contribution >= 4 is 23.2 Å². The van der Waals surface area contributed by atoms with Crippen LogP contribution in [-0.2, 0) is 6.54 Å². The molecule has 17 heavy (non-hydrogen) atoms. The fourth-order valence-electron chi connectivity index (χ4n) is 2.06. The topological polar surface area (TPSA) is 16.1 Å². The van der Waals surface area contributed by atoms with Crippen LogP contribution in [-0.4, -0.2) is 28.4 Å². The summed E-state index contributed by atoms with van der Waals surface area (Å²) in [5.41, 5.74) is 1.12. The van der Waals surface area contributed by atoms with E-state index in [1.807, 2.05) is 6.07 Å². The predicted molar refractivity (Wildman–Crippen MR) is 74.7 cm³/mol. The van der Waals surface area contributed by atoms with Crippen LogP contribution in [0.2, 0.25) is 5.02 Å². The first-order valence-electron chi connectivity index (χ1n) is 6.11. The molecule has 0 saturated carbocycles. The van der Waals surface area contributed by atoms with Gasteiger partial charge in [-0.1, -0.05) is 25.4 Å². The highest BCUT2D eigenvalue weighted by molar-refractivity contribution is 6.31. The molecule has 4 heteroatoms. The smallest absolute Gasteiger partial charge is 0.0634 e. The van der Waals surface area contributed by atoms with Gasteiger partial charge in [0.25, 0.3) is 0 Å². The molecule has 0 saturated heterocycles. The minimum atomic E-state index is 0.568. The summed E-state index contributed by atoms with van der Waals surface area (Å²) < 4.78 is 0. The highest BCUT2D eigenvalue weighted by Gasteiger charge is 2.15. The molecule has 1 aromatic heterocycles. The molecule has 0 fully saturated rings. The zero-order valence-corrected chi connectivity index (χ0v) is 12.0. The molecule has 1 heterocycles. The van der Waals surface area contributed by atoms with E-state index >= 15 is 0 Å². The fraction of sp³-hybridized carbons (Fsp3) is 0.615. The largest absolute Gasteiger partial charge is 0.295 e. The van der Waals surface area contributed by atoms with Gasteiger partial charge in [0.05, 0.1) is 5.02 Å². The highest BCUT2D eigenvalue weighted by atomic mass is 35.5. The summed E-state index contributed by atoms with van der Waals surface area (Å²) in [6, 6.07) is 2.55. The van der Waals surface area contributed by atoms with E-state index in [-0.39, 0.29) is 0 Å². The van der Waals surface area contributed by atoms with Crippen molar-refractivity contribution in [2.45, 2.75) is 39.3 Å². The first kappa shape index (κ1) is 14.7. The van der Waals surface area contributed by atoms with Gasteiger partial charge in [0.2, 0.25) is 0 Å². The normalized spacial score (nSPS) is 11.4. The molecule has 1 aromatic rings. The number of hydrogen-bond donors (Lipinski definition) is 0. The van der Waals surface area contributed by atoms with Crippen molar-refractivity contribution in [1.29, 1.82) is 0 Å². The number of nitrogens with zero attached hydrogens (tertiary/aromatic N) is 2. The summed E-state index contributed by atoms with van der Waals surface area (Å²) in [5.74, 6) is 0.652. The van der Waals surface area contributed by atoms with Crippen molar-refractivity contribution in [3.8, 4) is 0 Å². The van der Waals surface area contributed by atoms with E-state index in [0.29, 0.717) is 11.9 Å². The van der Waals surface area contributed by atoms with Crippen molar-refractivity contribution in [3.63, 3.8) is 0 Å². The van der Waals surface area contributed by atoms with Gasteiger partial charge in [0.1, 0.15) is 0 Å². The number of rotatable bonds is 7. The average molecular weight is 275 g/mol. The Morgan fingerprint density at radius 3 is 2.59 bits per heavy atom. The van der Waals surface area contributed by atoms with Crippen LogP contribution in [0.4, 0.5) is 0 Å². The first-order chi connectivity index (χ1) is 8.22. The Morgan fingerprint density at radius 1 is 1.35 bits per heavy atom. The molecule has 0 aromatic carbocycles. The molecule has 0 aliphatic heterocycles. The molecule has 0 radical (unpaired) electrons. The van der Waals surface area contributed by atoms with Gasteiger partial charge in [-0.05, 0) is 24.5 Å². The zero-order valence-electron chi connectivity index (χ0n) is 10.5. The van der Waals surface area contributed by atoms with Crippen LogP contribution >= 0.6 is 23.2 Å². The summed E-state index contributed by atoms with van der Waals surface area (Å²) in [4.78, 5) is 6.40. The second-order valence-corrected chi connectivity index (χ2v) is 4.88. The van der Waals surface area contributed by atoms with Crippen molar-refractivity contribution in [2.75, 3.05) is 12.4 Å². The van der Waals surface area contributed by atoms with E-state index in [4.69, 9.17) is 23.2 Å². The maximum absolute atomic E-state index is 6.14. The lowest BCUT2D eigenvalue weighted by Crippen LogP contribution is -2.35. The number of hydrogen-bond acceptors (Lipinski definition) is 2. The van der Waals surface area contributed by atoms with E-state index in [1.165, 1.54) is 0 Å². The van der Waals surface area contributed by atoms with Crippen LogP contribution in [0.25, 0.3) is 0 Å². The van der Waals surface area contributed by atoms with Crippen LogP contribution in [0, 0.1) is 0 Å². The van der Waals surface area contributed by atoms with Gasteiger partial charge < -0.3 is 0 Å². The Hall–Kier alpha value is -0.310. The molecule has 0 unspecified atom stereocenters. The number of pyridine rings is 1. The SMILES string of the molecule is CCC(CC)N(CCCl)Cc1ccncc1Cl. The van der Waals surface area contributed by atoms with E-state index < -0.39 is 0 Å². The minimum absolute atomic E-state index is 0.568. The second kappa shape index (κ2) is 7.91. The quantitative estimate of drug-likeness (QED) is 0.700. The molecule has 0 spiro atoms.